The van der Waals surface area contributed by atoms with Crippen molar-refractivity contribution in [3.05, 3.63) is 241 Å². The van der Waals surface area contributed by atoms with Crippen LogP contribution < -0.4 is 0 Å². The lowest BCUT2D eigenvalue weighted by molar-refractivity contribution is 0.677. The molecule has 0 aliphatic heterocycles. The smallest absolute Gasteiger partial charge is 0.145 e. The predicted molar refractivity (Wildman–Crippen MR) is 320 cm³/mol. The fraction of sp³-hybridized carbons (Fsp3) is 0.0286. The molecule has 0 amide bonds. The van der Waals surface area contributed by atoms with Gasteiger partial charge in [0.05, 0.1) is 66.3 Å². The van der Waals surface area contributed by atoms with E-state index in [4.69, 9.17) is 15.2 Å². The number of aromatic nitrogens is 4. The molecule has 2 N–H and O–H groups in total. The van der Waals surface area contributed by atoms with Crippen molar-refractivity contribution in [3.63, 3.8) is 0 Å². The maximum Gasteiger partial charge on any atom is 0.145 e. The number of aryl methyl sites for hydroxylation is 2. The van der Waals surface area contributed by atoms with Crippen LogP contribution in [0, 0.1) is 10.8 Å². The molecule has 0 bridgehead atoms. The standard InChI is InChI=1S/C70H44N6O/c71-39-41-37-42(40-72)64(76-58-26-14-10-22-54(58)68-62(76)36-32-50-49-31-35-61-67(69(49)77-70(50)68)53-21-9-12-24-56(53)74(61)44-17-5-2-6-18-44)38-63(41)75-57-25-13-8-20-52(57)66-48-28-27-47-45(46(48)30-34-60(66)75)29-33-59-65(47)51-19-7-11-23-55(51)73(59)43-15-3-1-4-16-43/h1-26,29-40,71-72H,27-28H2. The molecule has 1 aliphatic carbocycles. The number of fused-ring (bicyclic) bond motifs is 22. The summed E-state index contributed by atoms with van der Waals surface area (Å²) in [5.41, 5.74) is 21.3. The van der Waals surface area contributed by atoms with Crippen LogP contribution in [0.3, 0.4) is 0 Å². The molecule has 360 valence electrons. The van der Waals surface area contributed by atoms with Gasteiger partial charge < -0.3 is 33.5 Å². The van der Waals surface area contributed by atoms with E-state index in [1.807, 2.05) is 6.07 Å². The van der Waals surface area contributed by atoms with Crippen LogP contribution in [0.5, 0.6) is 0 Å². The first kappa shape index (κ1) is 42.2. The number of benzene rings is 11. The lowest BCUT2D eigenvalue weighted by Gasteiger charge is -2.23. The summed E-state index contributed by atoms with van der Waals surface area (Å²) >= 11 is 0. The van der Waals surface area contributed by atoms with Gasteiger partial charge in [0.2, 0.25) is 0 Å². The topological polar surface area (TPSA) is 80.6 Å². The summed E-state index contributed by atoms with van der Waals surface area (Å²) < 4.78 is 16.7. The lowest BCUT2D eigenvalue weighted by Crippen LogP contribution is -2.07. The molecule has 77 heavy (non-hydrogen) atoms. The van der Waals surface area contributed by atoms with Gasteiger partial charge in [-0.15, -0.1) is 0 Å². The van der Waals surface area contributed by atoms with Crippen LogP contribution in [0.4, 0.5) is 0 Å². The molecule has 7 nitrogen and oxygen atoms in total. The molecule has 0 unspecified atom stereocenters. The van der Waals surface area contributed by atoms with Crippen LogP contribution in [0.25, 0.3) is 143 Å². The zero-order chi connectivity index (χ0) is 50.6. The second kappa shape index (κ2) is 15.6. The van der Waals surface area contributed by atoms with Gasteiger partial charge in [-0.25, -0.2) is 0 Å². The van der Waals surface area contributed by atoms with Gasteiger partial charge >= 0.3 is 0 Å². The minimum Gasteiger partial charge on any atom is -0.455 e. The first-order valence-electron chi connectivity index (χ1n) is 26.4. The number of nitrogens with one attached hydrogen (secondary N) is 2. The van der Waals surface area contributed by atoms with Gasteiger partial charge in [-0.2, -0.15) is 0 Å². The molecule has 5 heterocycles. The van der Waals surface area contributed by atoms with Crippen molar-refractivity contribution in [2.24, 2.45) is 0 Å². The van der Waals surface area contributed by atoms with Crippen LogP contribution in [0.2, 0.25) is 0 Å². The quantitative estimate of drug-likeness (QED) is 0.160. The van der Waals surface area contributed by atoms with E-state index in [0.29, 0.717) is 5.56 Å². The van der Waals surface area contributed by atoms with E-state index >= 15 is 0 Å². The number of rotatable bonds is 6. The number of para-hydroxylation sites is 6. The van der Waals surface area contributed by atoms with Crippen LogP contribution >= 0.6 is 0 Å². The first-order chi connectivity index (χ1) is 38.2. The summed E-state index contributed by atoms with van der Waals surface area (Å²) in [6.45, 7) is 0. The summed E-state index contributed by atoms with van der Waals surface area (Å²) in [7, 11) is 0. The van der Waals surface area contributed by atoms with Crippen molar-refractivity contribution in [2.75, 3.05) is 0 Å². The van der Waals surface area contributed by atoms with Crippen molar-refractivity contribution in [1.82, 2.24) is 18.3 Å². The van der Waals surface area contributed by atoms with Crippen molar-refractivity contribution in [1.29, 1.82) is 10.8 Å². The Labute approximate surface area is 440 Å². The van der Waals surface area contributed by atoms with Crippen molar-refractivity contribution in [3.8, 4) is 33.9 Å². The highest BCUT2D eigenvalue weighted by Gasteiger charge is 2.28. The van der Waals surface area contributed by atoms with E-state index in [9.17, 15) is 0 Å². The maximum atomic E-state index is 8.96. The van der Waals surface area contributed by atoms with E-state index in [-0.39, 0.29) is 0 Å². The van der Waals surface area contributed by atoms with Crippen molar-refractivity contribution in [2.45, 2.75) is 12.8 Å². The van der Waals surface area contributed by atoms with E-state index in [1.165, 1.54) is 67.3 Å². The largest absolute Gasteiger partial charge is 0.455 e. The van der Waals surface area contributed by atoms with Gasteiger partial charge in [-0.05, 0) is 132 Å². The number of furan rings is 1. The van der Waals surface area contributed by atoms with E-state index < -0.39 is 0 Å². The number of hydrogen-bond acceptors (Lipinski definition) is 3. The molecule has 0 fully saturated rings. The highest BCUT2D eigenvalue weighted by atomic mass is 16.3. The highest BCUT2D eigenvalue weighted by Crippen LogP contribution is 2.49. The van der Waals surface area contributed by atoms with Gasteiger partial charge in [-0.3, -0.25) is 0 Å². The Morgan fingerprint density at radius 1 is 0.312 bits per heavy atom. The zero-order valence-electron chi connectivity index (χ0n) is 41.6. The molecule has 11 aromatic carbocycles. The molecule has 1 aliphatic rings. The normalized spacial score (nSPS) is 12.7. The summed E-state index contributed by atoms with van der Waals surface area (Å²) in [5.74, 6) is 0. The lowest BCUT2D eigenvalue weighted by atomic mass is 9.82. The Bertz CT molecular complexity index is 5260. The third-order valence-electron chi connectivity index (χ3n) is 16.9. The third kappa shape index (κ3) is 5.59. The van der Waals surface area contributed by atoms with Crippen LogP contribution in [0.1, 0.15) is 22.3 Å². The van der Waals surface area contributed by atoms with Crippen LogP contribution in [0.15, 0.2) is 223 Å². The molecule has 0 spiro atoms. The van der Waals surface area contributed by atoms with Crippen LogP contribution in [-0.2, 0) is 12.8 Å². The summed E-state index contributed by atoms with van der Waals surface area (Å²) in [5, 5.41) is 29.4. The van der Waals surface area contributed by atoms with Gasteiger partial charge in [-0.1, -0.05) is 121 Å². The predicted octanol–water partition coefficient (Wildman–Crippen LogP) is 17.7. The van der Waals surface area contributed by atoms with Gasteiger partial charge in [0.15, 0.2) is 0 Å². The first-order valence-corrected chi connectivity index (χ1v) is 26.4. The molecule has 17 rings (SSSR count). The van der Waals surface area contributed by atoms with E-state index in [0.717, 1.165) is 118 Å². The van der Waals surface area contributed by atoms with Gasteiger partial charge in [0, 0.05) is 78.0 Å². The van der Waals surface area contributed by atoms with Gasteiger partial charge in [0.1, 0.15) is 11.2 Å². The Kier molecular flexibility index (Phi) is 8.57. The number of hydrogen-bond donors (Lipinski definition) is 2. The molecule has 16 aromatic rings. The van der Waals surface area contributed by atoms with Crippen molar-refractivity contribution < 1.29 is 4.42 Å². The highest BCUT2D eigenvalue weighted by molar-refractivity contribution is 6.29. The monoisotopic (exact) mass is 984 g/mol. The average Bonchev–Trinajstić information content (AvgIpc) is 4.38. The molecular formula is C70H44N6O. The zero-order valence-corrected chi connectivity index (χ0v) is 41.6. The Morgan fingerprint density at radius 2 is 0.662 bits per heavy atom. The van der Waals surface area contributed by atoms with E-state index in [2.05, 4.69) is 231 Å². The third-order valence-corrected chi connectivity index (χ3v) is 16.9. The Balaban J connectivity index is 0.887. The van der Waals surface area contributed by atoms with E-state index in [1.54, 1.807) is 0 Å². The SMILES string of the molecule is N=Cc1cc(C=N)c(-n2c3ccccc3c3c4oc5c(ccc6c5c5ccccc5n6-c5ccccc5)c4ccc32)cc1-n1c2ccccc2c2c3c(ccc21)-c1ccc2c(c1CC3)c1ccccc1n2-c1ccccc1. The maximum absolute atomic E-state index is 8.96. The molecule has 0 radical (unpaired) electrons. The molecule has 0 saturated heterocycles. The second-order valence-corrected chi connectivity index (χ2v) is 20.6. The minimum absolute atomic E-state index is 0.713. The second-order valence-electron chi connectivity index (χ2n) is 20.6. The Morgan fingerprint density at radius 3 is 1.10 bits per heavy atom. The molecule has 5 aromatic heterocycles. The molecule has 0 saturated carbocycles. The van der Waals surface area contributed by atoms with Gasteiger partial charge in [0.25, 0.3) is 0 Å². The summed E-state index contributed by atoms with van der Waals surface area (Å²) in [4.78, 5) is 0. The van der Waals surface area contributed by atoms with Crippen molar-refractivity contribution >= 4 is 122 Å². The molecular weight excluding hydrogens is 941 g/mol. The molecule has 7 heteroatoms. The fourth-order valence-electron chi connectivity index (χ4n) is 13.8. The average molecular weight is 985 g/mol. The number of nitrogens with zero attached hydrogens (tertiary/aromatic N) is 4. The Hall–Kier alpha value is -10.2. The molecule has 0 atom stereocenters. The summed E-state index contributed by atoms with van der Waals surface area (Å²) in [6, 6.07) is 78.4. The fourth-order valence-corrected chi connectivity index (χ4v) is 13.8. The van der Waals surface area contributed by atoms with Crippen LogP contribution in [-0.4, -0.2) is 30.7 Å². The minimum atomic E-state index is 0.713. The summed E-state index contributed by atoms with van der Waals surface area (Å²) in [6.07, 6.45) is 4.68.